The van der Waals surface area contributed by atoms with Crippen LogP contribution in [-0.4, -0.2) is 16.9 Å². The molecular formula is C13H15ClN2. The zero-order chi connectivity index (χ0) is 11.4. The summed E-state index contributed by atoms with van der Waals surface area (Å²) in [6, 6.07) is 10.3. The first kappa shape index (κ1) is 11.4. The van der Waals surface area contributed by atoms with Gasteiger partial charge in [-0.15, -0.1) is 11.6 Å². The number of benzene rings is 1. The lowest BCUT2D eigenvalue weighted by Crippen LogP contribution is -2.20. The maximum atomic E-state index is 5.88. The van der Waals surface area contributed by atoms with Gasteiger partial charge < -0.3 is 5.32 Å². The lowest BCUT2D eigenvalue weighted by molar-refractivity contribution is 0.682. The second-order valence-corrected chi connectivity index (χ2v) is 4.65. The highest BCUT2D eigenvalue weighted by Gasteiger charge is 2.01. The highest BCUT2D eigenvalue weighted by atomic mass is 35.5. The van der Waals surface area contributed by atoms with Crippen molar-refractivity contribution in [3.8, 4) is 0 Å². The van der Waals surface area contributed by atoms with E-state index in [2.05, 4.69) is 34.6 Å². The normalized spacial score (nSPS) is 12.9. The van der Waals surface area contributed by atoms with Gasteiger partial charge in [0.15, 0.2) is 0 Å². The van der Waals surface area contributed by atoms with E-state index in [0.717, 1.165) is 18.6 Å². The lowest BCUT2D eigenvalue weighted by Gasteiger charge is -2.08. The standard InChI is InChI=1S/C13H15ClN2/c1-10(14)8-15-9-12-5-2-4-11-6-3-7-16-13(11)12/h2-7,10,15H,8-9H2,1H3. The monoisotopic (exact) mass is 234 g/mol. The van der Waals surface area contributed by atoms with Crippen molar-refractivity contribution in [2.75, 3.05) is 6.54 Å². The third-order valence-corrected chi connectivity index (χ3v) is 2.61. The Hall–Kier alpha value is -1.12. The second kappa shape index (κ2) is 5.28. The van der Waals surface area contributed by atoms with Gasteiger partial charge in [0.05, 0.1) is 5.52 Å². The topological polar surface area (TPSA) is 24.9 Å². The van der Waals surface area contributed by atoms with Crippen molar-refractivity contribution in [3.63, 3.8) is 0 Å². The molecule has 0 fully saturated rings. The van der Waals surface area contributed by atoms with E-state index in [1.54, 1.807) is 0 Å². The van der Waals surface area contributed by atoms with Crippen molar-refractivity contribution in [1.29, 1.82) is 0 Å². The molecule has 1 heterocycles. The van der Waals surface area contributed by atoms with Gasteiger partial charge in [0.2, 0.25) is 0 Å². The van der Waals surface area contributed by atoms with Crippen molar-refractivity contribution in [2.45, 2.75) is 18.8 Å². The van der Waals surface area contributed by atoms with Crippen LogP contribution >= 0.6 is 11.6 Å². The van der Waals surface area contributed by atoms with Crippen LogP contribution in [0.2, 0.25) is 0 Å². The Bertz CT molecular complexity index is 463. The van der Waals surface area contributed by atoms with E-state index in [1.165, 1.54) is 10.9 Å². The molecule has 0 bridgehead atoms. The van der Waals surface area contributed by atoms with Crippen molar-refractivity contribution >= 4 is 22.5 Å². The predicted octanol–water partition coefficient (Wildman–Crippen LogP) is 2.95. The van der Waals surface area contributed by atoms with Gasteiger partial charge in [-0.25, -0.2) is 0 Å². The molecule has 0 spiro atoms. The Kier molecular flexibility index (Phi) is 3.75. The maximum absolute atomic E-state index is 5.88. The molecule has 2 aromatic rings. The lowest BCUT2D eigenvalue weighted by atomic mass is 10.1. The molecule has 0 aliphatic heterocycles. The summed E-state index contributed by atoms with van der Waals surface area (Å²) in [5.74, 6) is 0. The minimum absolute atomic E-state index is 0.155. The molecule has 1 aromatic carbocycles. The molecule has 84 valence electrons. The summed E-state index contributed by atoms with van der Waals surface area (Å²) in [7, 11) is 0. The van der Waals surface area contributed by atoms with Crippen molar-refractivity contribution in [1.82, 2.24) is 10.3 Å². The highest BCUT2D eigenvalue weighted by molar-refractivity contribution is 6.20. The van der Waals surface area contributed by atoms with Gasteiger partial charge in [0.25, 0.3) is 0 Å². The first-order valence-corrected chi connectivity index (χ1v) is 5.88. The van der Waals surface area contributed by atoms with Gasteiger partial charge in [-0.3, -0.25) is 4.98 Å². The Morgan fingerprint density at radius 2 is 2.12 bits per heavy atom. The molecule has 1 N–H and O–H groups in total. The van der Waals surface area contributed by atoms with E-state index in [9.17, 15) is 0 Å². The summed E-state index contributed by atoms with van der Waals surface area (Å²) in [4.78, 5) is 4.41. The Balaban J connectivity index is 2.17. The molecule has 2 nitrogen and oxygen atoms in total. The van der Waals surface area contributed by atoms with E-state index < -0.39 is 0 Å². The molecule has 0 aliphatic carbocycles. The molecule has 0 saturated heterocycles. The molecule has 0 radical (unpaired) electrons. The minimum Gasteiger partial charge on any atom is -0.311 e. The fourth-order valence-electron chi connectivity index (χ4n) is 1.72. The first-order valence-electron chi connectivity index (χ1n) is 5.45. The number of hydrogen-bond acceptors (Lipinski definition) is 2. The summed E-state index contributed by atoms with van der Waals surface area (Å²) in [6.45, 7) is 3.60. The van der Waals surface area contributed by atoms with Crippen LogP contribution in [0.1, 0.15) is 12.5 Å². The van der Waals surface area contributed by atoms with Crippen LogP contribution < -0.4 is 5.32 Å². The Morgan fingerprint density at radius 1 is 1.31 bits per heavy atom. The Labute approximate surface area is 101 Å². The summed E-state index contributed by atoms with van der Waals surface area (Å²) < 4.78 is 0. The van der Waals surface area contributed by atoms with Crippen LogP contribution in [0.15, 0.2) is 36.5 Å². The minimum atomic E-state index is 0.155. The summed E-state index contributed by atoms with van der Waals surface area (Å²) in [6.07, 6.45) is 1.83. The molecule has 16 heavy (non-hydrogen) atoms. The van der Waals surface area contributed by atoms with E-state index in [4.69, 9.17) is 11.6 Å². The van der Waals surface area contributed by atoms with Crippen LogP contribution in [0.4, 0.5) is 0 Å². The van der Waals surface area contributed by atoms with Gasteiger partial charge in [0.1, 0.15) is 0 Å². The van der Waals surface area contributed by atoms with Crippen LogP contribution in [0.25, 0.3) is 10.9 Å². The molecule has 3 heteroatoms. The quantitative estimate of drug-likeness (QED) is 0.823. The number of halogens is 1. The zero-order valence-corrected chi connectivity index (χ0v) is 10.0. The molecule has 1 atom stereocenters. The number of pyridine rings is 1. The average Bonchev–Trinajstić information content (AvgIpc) is 2.29. The third-order valence-electron chi connectivity index (χ3n) is 2.46. The molecule has 0 saturated carbocycles. The number of para-hydroxylation sites is 1. The number of fused-ring (bicyclic) bond motifs is 1. The summed E-state index contributed by atoms with van der Waals surface area (Å²) >= 11 is 5.88. The van der Waals surface area contributed by atoms with Crippen LogP contribution in [0, 0.1) is 0 Å². The number of alkyl halides is 1. The number of aromatic nitrogens is 1. The molecular weight excluding hydrogens is 220 g/mol. The molecule has 1 aromatic heterocycles. The number of hydrogen-bond donors (Lipinski definition) is 1. The summed E-state index contributed by atoms with van der Waals surface area (Å²) in [5, 5.41) is 4.66. The highest BCUT2D eigenvalue weighted by Crippen LogP contribution is 2.15. The van der Waals surface area contributed by atoms with Gasteiger partial charge in [-0.1, -0.05) is 24.3 Å². The summed E-state index contributed by atoms with van der Waals surface area (Å²) in [5.41, 5.74) is 2.29. The number of nitrogens with zero attached hydrogens (tertiary/aromatic N) is 1. The maximum Gasteiger partial charge on any atom is 0.0746 e. The number of nitrogens with one attached hydrogen (secondary N) is 1. The largest absolute Gasteiger partial charge is 0.311 e. The molecule has 1 unspecified atom stereocenters. The molecule has 2 rings (SSSR count). The average molecular weight is 235 g/mol. The molecule has 0 amide bonds. The van der Waals surface area contributed by atoms with E-state index in [-0.39, 0.29) is 5.38 Å². The van der Waals surface area contributed by atoms with Crippen molar-refractivity contribution in [2.24, 2.45) is 0 Å². The van der Waals surface area contributed by atoms with E-state index >= 15 is 0 Å². The van der Waals surface area contributed by atoms with E-state index in [1.807, 2.05) is 19.2 Å². The predicted molar refractivity (Wildman–Crippen MR) is 68.8 cm³/mol. The first-order chi connectivity index (χ1) is 7.77. The van der Waals surface area contributed by atoms with Gasteiger partial charge in [-0.05, 0) is 18.6 Å². The van der Waals surface area contributed by atoms with Crippen molar-refractivity contribution in [3.05, 3.63) is 42.1 Å². The zero-order valence-electron chi connectivity index (χ0n) is 9.28. The van der Waals surface area contributed by atoms with Gasteiger partial charge in [-0.2, -0.15) is 0 Å². The third kappa shape index (κ3) is 2.71. The Morgan fingerprint density at radius 3 is 2.94 bits per heavy atom. The van der Waals surface area contributed by atoms with Crippen LogP contribution in [0.3, 0.4) is 0 Å². The smallest absolute Gasteiger partial charge is 0.0746 e. The van der Waals surface area contributed by atoms with Crippen LogP contribution in [-0.2, 0) is 6.54 Å². The molecule has 0 aliphatic rings. The van der Waals surface area contributed by atoms with Crippen LogP contribution in [0.5, 0.6) is 0 Å². The fraction of sp³-hybridized carbons (Fsp3) is 0.308. The van der Waals surface area contributed by atoms with Crippen molar-refractivity contribution < 1.29 is 0 Å². The second-order valence-electron chi connectivity index (χ2n) is 3.90. The van der Waals surface area contributed by atoms with Gasteiger partial charge >= 0.3 is 0 Å². The van der Waals surface area contributed by atoms with E-state index in [0.29, 0.717) is 0 Å². The fourth-order valence-corrected chi connectivity index (χ4v) is 1.82. The number of rotatable bonds is 4. The SMILES string of the molecule is CC(Cl)CNCc1cccc2cccnc12. The van der Waals surface area contributed by atoms with Gasteiger partial charge in [0, 0.05) is 30.0 Å².